The van der Waals surface area contributed by atoms with Gasteiger partial charge in [0.05, 0.1) is 31.0 Å². The average molecular weight is 282 g/mol. The van der Waals surface area contributed by atoms with Crippen LogP contribution < -0.4 is 15.4 Å². The maximum atomic E-state index is 11.2. The zero-order valence-corrected chi connectivity index (χ0v) is 10.9. The zero-order valence-electron chi connectivity index (χ0n) is 10.9. The molecule has 0 saturated heterocycles. The van der Waals surface area contributed by atoms with Crippen molar-refractivity contribution in [2.75, 3.05) is 31.7 Å². The van der Waals surface area contributed by atoms with Crippen molar-refractivity contribution in [2.24, 2.45) is 0 Å². The van der Waals surface area contributed by atoms with E-state index in [0.717, 1.165) is 5.56 Å². The van der Waals surface area contributed by atoms with Crippen molar-refractivity contribution in [1.82, 2.24) is 5.32 Å². The number of rotatable bonds is 6. The minimum absolute atomic E-state index is 0.00719. The molecule has 0 spiro atoms. The number of fused-ring (bicyclic) bond motifs is 1. The zero-order chi connectivity index (χ0) is 14.6. The van der Waals surface area contributed by atoms with Crippen LogP contribution in [0.5, 0.6) is 5.75 Å². The largest absolute Gasteiger partial charge is 0.482 e. The van der Waals surface area contributed by atoms with Crippen LogP contribution in [-0.4, -0.2) is 53.2 Å². The van der Waals surface area contributed by atoms with Crippen LogP contribution in [0.1, 0.15) is 5.56 Å². The fraction of sp³-hybridized carbons (Fsp3) is 0.462. The number of benzene rings is 1. The number of nitrogens with one attached hydrogen (secondary N) is 2. The standard InChI is InChI=1S/C13H18N2O5/c16-6-13(7-17,8-18)14-4-9-1-2-11-10(3-9)15-12(19)5-20-11/h1-3,14,16-18H,4-8H2,(H,15,19). The van der Waals surface area contributed by atoms with Crippen molar-refractivity contribution < 1.29 is 24.9 Å². The molecule has 1 aliphatic rings. The summed E-state index contributed by atoms with van der Waals surface area (Å²) in [6.07, 6.45) is 0. The van der Waals surface area contributed by atoms with Gasteiger partial charge in [-0.15, -0.1) is 0 Å². The van der Waals surface area contributed by atoms with Gasteiger partial charge in [0.2, 0.25) is 0 Å². The lowest BCUT2D eigenvalue weighted by atomic mass is 10.0. The summed E-state index contributed by atoms with van der Waals surface area (Å²) in [4.78, 5) is 11.2. The Labute approximate surface area is 116 Å². The molecule has 0 unspecified atom stereocenters. The molecule has 1 heterocycles. The monoisotopic (exact) mass is 282 g/mol. The molecule has 7 nitrogen and oxygen atoms in total. The van der Waals surface area contributed by atoms with E-state index in [0.29, 0.717) is 18.0 Å². The molecule has 0 aromatic heterocycles. The van der Waals surface area contributed by atoms with Gasteiger partial charge in [-0.05, 0) is 17.7 Å². The minimum atomic E-state index is -1.13. The van der Waals surface area contributed by atoms with Gasteiger partial charge in [-0.1, -0.05) is 6.07 Å². The van der Waals surface area contributed by atoms with Gasteiger partial charge >= 0.3 is 0 Å². The van der Waals surface area contributed by atoms with Crippen molar-refractivity contribution in [1.29, 1.82) is 0 Å². The SMILES string of the molecule is O=C1COc2ccc(CNC(CO)(CO)CO)cc2N1. The smallest absolute Gasteiger partial charge is 0.262 e. The molecule has 110 valence electrons. The number of hydrogen-bond acceptors (Lipinski definition) is 6. The molecule has 1 aromatic carbocycles. The highest BCUT2D eigenvalue weighted by molar-refractivity contribution is 5.95. The first-order chi connectivity index (χ1) is 9.62. The molecule has 1 aliphatic heterocycles. The lowest BCUT2D eigenvalue weighted by molar-refractivity contribution is -0.118. The van der Waals surface area contributed by atoms with Gasteiger partial charge in [-0.3, -0.25) is 4.79 Å². The van der Waals surface area contributed by atoms with Gasteiger partial charge in [0.15, 0.2) is 6.61 Å². The molecule has 1 amide bonds. The number of anilines is 1. The summed E-state index contributed by atoms with van der Waals surface area (Å²) in [7, 11) is 0. The second-order valence-electron chi connectivity index (χ2n) is 4.78. The van der Waals surface area contributed by atoms with Crippen LogP contribution in [0.2, 0.25) is 0 Å². The number of carbonyl (C=O) groups excluding carboxylic acids is 1. The quantitative estimate of drug-likeness (QED) is 0.449. The van der Waals surface area contributed by atoms with Gasteiger partial charge in [0.1, 0.15) is 5.75 Å². The molecule has 0 bridgehead atoms. The summed E-state index contributed by atoms with van der Waals surface area (Å²) in [6, 6.07) is 5.29. The molecule has 20 heavy (non-hydrogen) atoms. The van der Waals surface area contributed by atoms with E-state index >= 15 is 0 Å². The number of aliphatic hydroxyl groups excluding tert-OH is 3. The topological polar surface area (TPSA) is 111 Å². The molecule has 5 N–H and O–H groups in total. The Kier molecular flexibility index (Phi) is 4.56. The van der Waals surface area contributed by atoms with Crippen LogP contribution in [0, 0.1) is 0 Å². The van der Waals surface area contributed by atoms with Crippen LogP contribution in [0.4, 0.5) is 5.69 Å². The van der Waals surface area contributed by atoms with Crippen LogP contribution in [0.25, 0.3) is 0 Å². The van der Waals surface area contributed by atoms with Gasteiger partial charge in [-0.25, -0.2) is 0 Å². The highest BCUT2D eigenvalue weighted by atomic mass is 16.5. The Morgan fingerprint density at radius 2 is 1.95 bits per heavy atom. The molecule has 7 heteroatoms. The highest BCUT2D eigenvalue weighted by Crippen LogP contribution is 2.28. The third kappa shape index (κ3) is 3.07. The molecule has 0 fully saturated rings. The van der Waals surface area contributed by atoms with E-state index in [4.69, 9.17) is 4.74 Å². The number of amides is 1. The Bertz CT molecular complexity index is 479. The predicted octanol–water partition coefficient (Wildman–Crippen LogP) is -1.18. The van der Waals surface area contributed by atoms with Crippen molar-refractivity contribution in [3.63, 3.8) is 0 Å². The van der Waals surface area contributed by atoms with Crippen molar-refractivity contribution in [2.45, 2.75) is 12.1 Å². The fourth-order valence-electron chi connectivity index (χ4n) is 1.85. The summed E-state index contributed by atoms with van der Waals surface area (Å²) in [5, 5.41) is 33.3. The highest BCUT2D eigenvalue weighted by Gasteiger charge is 2.27. The molecule has 0 atom stereocenters. The lowest BCUT2D eigenvalue weighted by Gasteiger charge is -2.29. The summed E-state index contributed by atoms with van der Waals surface area (Å²) in [5.41, 5.74) is 0.285. The van der Waals surface area contributed by atoms with E-state index in [1.807, 2.05) is 0 Å². The number of aliphatic hydroxyl groups is 3. The summed E-state index contributed by atoms with van der Waals surface area (Å²) >= 11 is 0. The minimum Gasteiger partial charge on any atom is -0.482 e. The number of carbonyl (C=O) groups is 1. The second kappa shape index (κ2) is 6.19. The summed E-state index contributed by atoms with van der Waals surface area (Å²) in [6.45, 7) is -0.821. The van der Waals surface area contributed by atoms with Crippen LogP contribution >= 0.6 is 0 Å². The lowest BCUT2D eigenvalue weighted by Crippen LogP contribution is -2.54. The van der Waals surface area contributed by atoms with E-state index in [1.165, 1.54) is 0 Å². The summed E-state index contributed by atoms with van der Waals surface area (Å²) < 4.78 is 5.25. The summed E-state index contributed by atoms with van der Waals surface area (Å²) in [5.74, 6) is 0.393. The molecular weight excluding hydrogens is 264 g/mol. The van der Waals surface area contributed by atoms with Crippen molar-refractivity contribution in [3.8, 4) is 5.75 Å². The molecule has 0 radical (unpaired) electrons. The van der Waals surface area contributed by atoms with E-state index < -0.39 is 5.54 Å². The van der Waals surface area contributed by atoms with E-state index in [9.17, 15) is 20.1 Å². The Morgan fingerprint density at radius 1 is 1.25 bits per heavy atom. The first-order valence-corrected chi connectivity index (χ1v) is 6.25. The Balaban J connectivity index is 2.07. The Hall–Kier alpha value is -1.67. The maximum Gasteiger partial charge on any atom is 0.262 e. The van der Waals surface area contributed by atoms with Gasteiger partial charge in [-0.2, -0.15) is 0 Å². The number of ether oxygens (including phenoxy) is 1. The number of hydrogen-bond donors (Lipinski definition) is 5. The van der Waals surface area contributed by atoms with Gasteiger partial charge < -0.3 is 30.7 Å². The van der Waals surface area contributed by atoms with Gasteiger partial charge in [0, 0.05) is 6.54 Å². The first-order valence-electron chi connectivity index (χ1n) is 6.25. The van der Waals surface area contributed by atoms with Crippen molar-refractivity contribution >= 4 is 11.6 Å². The van der Waals surface area contributed by atoms with E-state index in [1.54, 1.807) is 18.2 Å². The second-order valence-corrected chi connectivity index (χ2v) is 4.78. The van der Waals surface area contributed by atoms with Crippen LogP contribution in [0.15, 0.2) is 18.2 Å². The molecule has 0 aliphatic carbocycles. The van der Waals surface area contributed by atoms with Gasteiger partial charge in [0.25, 0.3) is 5.91 Å². The van der Waals surface area contributed by atoms with Crippen molar-refractivity contribution in [3.05, 3.63) is 23.8 Å². The van der Waals surface area contributed by atoms with Crippen LogP contribution in [-0.2, 0) is 11.3 Å². The average Bonchev–Trinajstić information content (AvgIpc) is 2.49. The fourth-order valence-corrected chi connectivity index (χ4v) is 1.85. The first kappa shape index (κ1) is 14.7. The molecule has 1 aromatic rings. The molecule has 0 saturated carbocycles. The predicted molar refractivity (Wildman–Crippen MR) is 71.4 cm³/mol. The Morgan fingerprint density at radius 3 is 2.60 bits per heavy atom. The third-order valence-corrected chi connectivity index (χ3v) is 3.25. The molecular formula is C13H18N2O5. The maximum absolute atomic E-state index is 11.2. The molecule has 2 rings (SSSR count). The van der Waals surface area contributed by atoms with Crippen LogP contribution in [0.3, 0.4) is 0 Å². The van der Waals surface area contributed by atoms with E-state index in [-0.39, 0.29) is 32.3 Å². The normalized spacial score (nSPS) is 14.4. The third-order valence-electron chi connectivity index (χ3n) is 3.25. The van der Waals surface area contributed by atoms with E-state index in [2.05, 4.69) is 10.6 Å².